The second-order valence-electron chi connectivity index (χ2n) is 5.74. The molecule has 1 unspecified atom stereocenters. The fourth-order valence-corrected chi connectivity index (χ4v) is 2.58. The number of nitrogens with zero attached hydrogens (tertiary/aromatic N) is 1. The fourth-order valence-electron chi connectivity index (χ4n) is 2.58. The largest absolute Gasteiger partial charge is 0.416 e. The first-order chi connectivity index (χ1) is 11.4. The Morgan fingerprint density at radius 3 is 2.29 bits per heavy atom. The van der Waals surface area contributed by atoms with Gasteiger partial charge in [-0.25, -0.2) is 0 Å². The predicted molar refractivity (Wildman–Crippen MR) is 88.2 cm³/mol. The summed E-state index contributed by atoms with van der Waals surface area (Å²) in [6.45, 7) is 5.02. The third-order valence-corrected chi connectivity index (χ3v) is 3.83. The maximum atomic E-state index is 12.8. The fraction of sp³-hybridized carbons (Fsp3) is 0.368. The molecule has 0 radical (unpaired) electrons. The molecule has 0 bridgehead atoms. The van der Waals surface area contributed by atoms with E-state index in [-0.39, 0.29) is 6.04 Å². The van der Waals surface area contributed by atoms with E-state index in [9.17, 15) is 13.2 Å². The van der Waals surface area contributed by atoms with Crippen LogP contribution in [0.4, 0.5) is 13.2 Å². The number of hydrogen-bond donors (Lipinski definition) is 0. The maximum Gasteiger partial charge on any atom is 0.416 e. The van der Waals surface area contributed by atoms with Crippen LogP contribution in [0.15, 0.2) is 54.6 Å². The molecule has 0 aliphatic heterocycles. The normalized spacial score (nSPS) is 13.2. The molecule has 0 saturated heterocycles. The highest BCUT2D eigenvalue weighted by molar-refractivity contribution is 5.26. The molecular weight excluding hydrogens is 315 g/mol. The van der Waals surface area contributed by atoms with Gasteiger partial charge in [-0.05, 0) is 30.5 Å². The van der Waals surface area contributed by atoms with Crippen LogP contribution in [0.5, 0.6) is 0 Å². The molecule has 0 aliphatic rings. The average molecular weight is 337 g/mol. The number of halogens is 3. The van der Waals surface area contributed by atoms with Gasteiger partial charge in [0, 0.05) is 12.6 Å². The van der Waals surface area contributed by atoms with Gasteiger partial charge in [0.1, 0.15) is 0 Å². The van der Waals surface area contributed by atoms with Crippen molar-refractivity contribution in [1.82, 2.24) is 5.06 Å². The Morgan fingerprint density at radius 1 is 1.00 bits per heavy atom. The van der Waals surface area contributed by atoms with E-state index in [0.717, 1.165) is 11.6 Å². The van der Waals surface area contributed by atoms with Crippen molar-refractivity contribution in [2.75, 3.05) is 6.54 Å². The molecule has 1 atom stereocenters. The third kappa shape index (κ3) is 5.35. The highest BCUT2D eigenvalue weighted by Crippen LogP contribution is 2.29. The van der Waals surface area contributed by atoms with E-state index >= 15 is 0 Å². The van der Waals surface area contributed by atoms with Gasteiger partial charge in [0.05, 0.1) is 12.2 Å². The number of hydrogen-bond acceptors (Lipinski definition) is 2. The zero-order chi connectivity index (χ0) is 17.6. The molecule has 2 aromatic carbocycles. The summed E-state index contributed by atoms with van der Waals surface area (Å²) >= 11 is 0. The van der Waals surface area contributed by atoms with Gasteiger partial charge in [-0.3, -0.25) is 4.84 Å². The molecule has 0 aliphatic carbocycles. The third-order valence-electron chi connectivity index (χ3n) is 3.83. The van der Waals surface area contributed by atoms with Gasteiger partial charge in [0.15, 0.2) is 0 Å². The monoisotopic (exact) mass is 337 g/mol. The van der Waals surface area contributed by atoms with Crippen LogP contribution in [0.25, 0.3) is 0 Å². The Hall–Kier alpha value is -1.85. The Morgan fingerprint density at radius 2 is 1.67 bits per heavy atom. The van der Waals surface area contributed by atoms with Crippen LogP contribution < -0.4 is 0 Å². The molecule has 24 heavy (non-hydrogen) atoms. The molecule has 130 valence electrons. The lowest BCUT2D eigenvalue weighted by Gasteiger charge is -2.27. The van der Waals surface area contributed by atoms with E-state index in [2.05, 4.69) is 0 Å². The van der Waals surface area contributed by atoms with Crippen LogP contribution >= 0.6 is 0 Å². The lowest BCUT2D eigenvalue weighted by Crippen LogP contribution is -2.34. The zero-order valence-electron chi connectivity index (χ0n) is 13.9. The van der Waals surface area contributed by atoms with Crippen LogP contribution in [0.2, 0.25) is 0 Å². The van der Waals surface area contributed by atoms with Crippen molar-refractivity contribution >= 4 is 0 Å². The molecule has 0 amide bonds. The molecule has 2 aromatic rings. The van der Waals surface area contributed by atoms with E-state index in [1.54, 1.807) is 6.07 Å². The zero-order valence-corrected chi connectivity index (χ0v) is 13.9. The van der Waals surface area contributed by atoms with Crippen molar-refractivity contribution < 1.29 is 18.0 Å². The minimum Gasteiger partial charge on any atom is -0.294 e. The first kappa shape index (κ1) is 18.5. The molecule has 0 heterocycles. The second-order valence-corrected chi connectivity index (χ2v) is 5.74. The predicted octanol–water partition coefficient (Wildman–Crippen LogP) is 5.09. The van der Waals surface area contributed by atoms with E-state index in [1.165, 1.54) is 12.1 Å². The Balaban J connectivity index is 1.97. The minimum atomic E-state index is -4.31. The lowest BCUT2D eigenvalue weighted by molar-refractivity contribution is -0.189. The van der Waals surface area contributed by atoms with Crippen LogP contribution in [0, 0.1) is 0 Å². The molecular formula is C19H22F3NO. The standard InChI is InChI=1S/C19H22F3NO/c1-3-23(24-14-16-8-5-4-6-9-16)15(2)12-17-10-7-11-18(13-17)19(20,21)22/h4-11,13,15H,3,12,14H2,1-2H3. The van der Waals surface area contributed by atoms with Crippen molar-refractivity contribution in [2.24, 2.45) is 0 Å². The van der Waals surface area contributed by atoms with E-state index < -0.39 is 11.7 Å². The minimum absolute atomic E-state index is 0.0257. The van der Waals surface area contributed by atoms with Gasteiger partial charge >= 0.3 is 6.18 Å². The summed E-state index contributed by atoms with van der Waals surface area (Å²) in [5.41, 5.74) is 1.10. The van der Waals surface area contributed by atoms with Crippen LogP contribution in [-0.2, 0) is 24.0 Å². The molecule has 0 fully saturated rings. The highest BCUT2D eigenvalue weighted by Gasteiger charge is 2.30. The van der Waals surface area contributed by atoms with Crippen LogP contribution in [0.1, 0.15) is 30.5 Å². The second kappa shape index (κ2) is 8.31. The summed E-state index contributed by atoms with van der Waals surface area (Å²) in [6, 6.07) is 15.2. The van der Waals surface area contributed by atoms with Crippen molar-refractivity contribution in [1.29, 1.82) is 0 Å². The Kier molecular flexibility index (Phi) is 6.40. The first-order valence-electron chi connectivity index (χ1n) is 7.99. The Labute approximate surface area is 140 Å². The summed E-state index contributed by atoms with van der Waals surface area (Å²) in [4.78, 5) is 5.82. The Bertz CT molecular complexity index is 628. The van der Waals surface area contributed by atoms with Gasteiger partial charge in [0.25, 0.3) is 0 Å². The van der Waals surface area contributed by atoms with Crippen molar-refractivity contribution in [3.05, 3.63) is 71.3 Å². The van der Waals surface area contributed by atoms with Crippen LogP contribution in [0.3, 0.4) is 0 Å². The van der Waals surface area contributed by atoms with Gasteiger partial charge in [0.2, 0.25) is 0 Å². The smallest absolute Gasteiger partial charge is 0.294 e. The van der Waals surface area contributed by atoms with E-state index in [1.807, 2.05) is 49.2 Å². The topological polar surface area (TPSA) is 12.5 Å². The van der Waals surface area contributed by atoms with Crippen molar-refractivity contribution in [2.45, 2.75) is 39.1 Å². The van der Waals surface area contributed by atoms with Crippen LogP contribution in [-0.4, -0.2) is 17.6 Å². The number of alkyl halides is 3. The summed E-state index contributed by atoms with van der Waals surface area (Å²) in [6.07, 6.45) is -3.82. The molecule has 0 N–H and O–H groups in total. The number of benzene rings is 2. The van der Waals surface area contributed by atoms with Gasteiger partial charge in [-0.15, -0.1) is 0 Å². The number of hydroxylamine groups is 2. The average Bonchev–Trinajstić information content (AvgIpc) is 2.56. The number of likely N-dealkylation sites (N-methyl/N-ethyl adjacent to an activating group) is 1. The van der Waals surface area contributed by atoms with Crippen molar-refractivity contribution in [3.8, 4) is 0 Å². The molecule has 2 nitrogen and oxygen atoms in total. The molecule has 0 spiro atoms. The van der Waals surface area contributed by atoms with Gasteiger partial charge in [-0.1, -0.05) is 55.5 Å². The summed E-state index contributed by atoms with van der Waals surface area (Å²) in [7, 11) is 0. The maximum absolute atomic E-state index is 12.8. The van der Waals surface area contributed by atoms with Gasteiger partial charge in [-0.2, -0.15) is 18.2 Å². The van der Waals surface area contributed by atoms with Gasteiger partial charge < -0.3 is 0 Å². The summed E-state index contributed by atoms with van der Waals surface area (Å²) in [5.74, 6) is 0. The molecule has 5 heteroatoms. The highest BCUT2D eigenvalue weighted by atomic mass is 19.4. The summed E-state index contributed by atoms with van der Waals surface area (Å²) in [5, 5.41) is 1.81. The molecule has 2 rings (SSSR count). The molecule has 0 saturated carbocycles. The van der Waals surface area contributed by atoms with E-state index in [4.69, 9.17) is 4.84 Å². The van der Waals surface area contributed by atoms with E-state index in [0.29, 0.717) is 25.1 Å². The quantitative estimate of drug-likeness (QED) is 0.653. The molecule has 0 aromatic heterocycles. The lowest BCUT2D eigenvalue weighted by atomic mass is 10.0. The first-order valence-corrected chi connectivity index (χ1v) is 7.99. The SMILES string of the molecule is CCN(OCc1ccccc1)C(C)Cc1cccc(C(F)(F)F)c1. The van der Waals surface area contributed by atoms with Crippen molar-refractivity contribution in [3.63, 3.8) is 0 Å². The number of rotatable bonds is 7. The summed E-state index contributed by atoms with van der Waals surface area (Å²) < 4.78 is 38.4.